The molecule has 0 aromatic carbocycles. The van der Waals surface area contributed by atoms with E-state index in [1.165, 1.54) is 186 Å². The maximum atomic E-state index is 12.8. The Morgan fingerprint density at radius 2 is 0.633 bits per heavy atom. The van der Waals surface area contributed by atoms with Crippen molar-refractivity contribution in [2.24, 2.45) is 11.8 Å². The van der Waals surface area contributed by atoms with E-state index in [9.17, 15) is 14.4 Å². The van der Waals surface area contributed by atoms with Gasteiger partial charge >= 0.3 is 17.9 Å². The Balaban J connectivity index is 4.26. The summed E-state index contributed by atoms with van der Waals surface area (Å²) in [5.74, 6) is 0.799. The second-order valence-electron chi connectivity index (χ2n) is 19.2. The fourth-order valence-electron chi connectivity index (χ4n) is 8.13. The molecule has 1 unspecified atom stereocenters. The molecule has 0 N–H and O–H groups in total. The van der Waals surface area contributed by atoms with Gasteiger partial charge in [-0.2, -0.15) is 0 Å². The van der Waals surface area contributed by atoms with Crippen molar-refractivity contribution >= 4 is 17.9 Å². The van der Waals surface area contributed by atoms with Gasteiger partial charge in [-0.15, -0.1) is 0 Å². The van der Waals surface area contributed by atoms with Crippen molar-refractivity contribution < 1.29 is 28.6 Å². The minimum Gasteiger partial charge on any atom is -0.462 e. The zero-order chi connectivity index (χ0) is 44.0. The molecule has 6 nitrogen and oxygen atoms in total. The van der Waals surface area contributed by atoms with E-state index in [1.807, 2.05) is 0 Å². The summed E-state index contributed by atoms with van der Waals surface area (Å²) in [4.78, 5) is 37.9. The third-order valence-corrected chi connectivity index (χ3v) is 12.6. The molecule has 0 spiro atoms. The monoisotopic (exact) mass is 849 g/mol. The van der Waals surface area contributed by atoms with Gasteiger partial charge in [-0.05, 0) is 31.1 Å². The van der Waals surface area contributed by atoms with Crippen molar-refractivity contribution in [1.29, 1.82) is 0 Å². The van der Waals surface area contributed by atoms with Crippen LogP contribution in [0.1, 0.15) is 298 Å². The summed E-state index contributed by atoms with van der Waals surface area (Å²) in [5, 5.41) is 0. The first-order valence-electron chi connectivity index (χ1n) is 26.8. The van der Waals surface area contributed by atoms with E-state index in [4.69, 9.17) is 14.2 Å². The fraction of sp³-hybridized carbons (Fsp3) is 0.944. The number of unbranched alkanes of at least 4 members (excludes halogenated alkanes) is 32. The van der Waals surface area contributed by atoms with Crippen LogP contribution in [-0.4, -0.2) is 37.2 Å². The van der Waals surface area contributed by atoms with Gasteiger partial charge in [-0.25, -0.2) is 0 Å². The lowest BCUT2D eigenvalue weighted by molar-refractivity contribution is -0.167. The van der Waals surface area contributed by atoms with Crippen LogP contribution < -0.4 is 0 Å². The van der Waals surface area contributed by atoms with E-state index >= 15 is 0 Å². The summed E-state index contributed by atoms with van der Waals surface area (Å²) >= 11 is 0. The lowest BCUT2D eigenvalue weighted by Gasteiger charge is -2.18. The minimum atomic E-state index is -0.762. The molecule has 0 amide bonds. The summed E-state index contributed by atoms with van der Waals surface area (Å²) in [6.07, 6.45) is 48.1. The molecule has 0 aliphatic carbocycles. The Labute approximate surface area is 374 Å². The van der Waals surface area contributed by atoms with Crippen molar-refractivity contribution in [2.45, 2.75) is 304 Å². The van der Waals surface area contributed by atoms with Gasteiger partial charge in [0.1, 0.15) is 13.2 Å². The van der Waals surface area contributed by atoms with E-state index in [1.54, 1.807) is 0 Å². The van der Waals surface area contributed by atoms with Crippen LogP contribution in [0, 0.1) is 11.8 Å². The van der Waals surface area contributed by atoms with Crippen LogP contribution in [0.4, 0.5) is 0 Å². The molecule has 356 valence electrons. The first-order chi connectivity index (χ1) is 29.3. The van der Waals surface area contributed by atoms with E-state index in [0.717, 1.165) is 69.6 Å². The highest BCUT2D eigenvalue weighted by Crippen LogP contribution is 2.18. The molecule has 0 heterocycles. The van der Waals surface area contributed by atoms with Crippen LogP contribution >= 0.6 is 0 Å². The normalized spacial score (nSPS) is 12.5. The van der Waals surface area contributed by atoms with Crippen LogP contribution in [0.15, 0.2) is 0 Å². The Morgan fingerprint density at radius 3 is 0.950 bits per heavy atom. The molecule has 0 aliphatic rings. The second-order valence-corrected chi connectivity index (χ2v) is 19.2. The minimum absolute atomic E-state index is 0.0641. The zero-order valence-corrected chi connectivity index (χ0v) is 41.1. The average molecular weight is 849 g/mol. The van der Waals surface area contributed by atoms with Gasteiger partial charge in [0.05, 0.1) is 0 Å². The molecule has 0 aliphatic heterocycles. The van der Waals surface area contributed by atoms with E-state index in [0.29, 0.717) is 19.3 Å². The third-order valence-electron chi connectivity index (χ3n) is 12.6. The predicted molar refractivity (Wildman–Crippen MR) is 256 cm³/mol. The average Bonchev–Trinajstić information content (AvgIpc) is 3.23. The Morgan fingerprint density at radius 1 is 0.350 bits per heavy atom. The number of carbonyl (C=O) groups excluding carboxylic acids is 3. The Hall–Kier alpha value is -1.59. The number of hydrogen-bond acceptors (Lipinski definition) is 6. The van der Waals surface area contributed by atoms with Gasteiger partial charge < -0.3 is 14.2 Å². The van der Waals surface area contributed by atoms with Crippen LogP contribution in [-0.2, 0) is 28.6 Å². The summed E-state index contributed by atoms with van der Waals surface area (Å²) in [6, 6.07) is 0. The fourth-order valence-corrected chi connectivity index (χ4v) is 8.13. The SMILES string of the molecule is CCCCCCCCCCCCCCCCCCCCC(=O)OC[C@@H](COC(=O)CCCCCCCCCC(C)C)OC(=O)CCCCCCCCCCCCC(C)CC. The molecule has 0 fully saturated rings. The number of ether oxygens (including phenoxy) is 3. The molecule has 2 atom stereocenters. The topological polar surface area (TPSA) is 78.9 Å². The molecule has 0 aromatic rings. The first-order valence-corrected chi connectivity index (χ1v) is 26.8. The third kappa shape index (κ3) is 45.9. The van der Waals surface area contributed by atoms with Gasteiger partial charge in [-0.1, -0.05) is 259 Å². The number of hydrogen-bond donors (Lipinski definition) is 0. The quantitative estimate of drug-likeness (QED) is 0.0345. The number of esters is 3. The predicted octanol–water partition coefficient (Wildman–Crippen LogP) is 17.3. The Kier molecular flexibility index (Phi) is 45.7. The van der Waals surface area contributed by atoms with Crippen LogP contribution in [0.25, 0.3) is 0 Å². The van der Waals surface area contributed by atoms with Crippen molar-refractivity contribution in [3.8, 4) is 0 Å². The molecule has 0 radical (unpaired) electrons. The molecule has 0 aromatic heterocycles. The molecular weight excluding hydrogens is 745 g/mol. The van der Waals surface area contributed by atoms with Crippen molar-refractivity contribution in [3.05, 3.63) is 0 Å². The van der Waals surface area contributed by atoms with Gasteiger partial charge in [0, 0.05) is 19.3 Å². The van der Waals surface area contributed by atoms with Crippen molar-refractivity contribution in [2.75, 3.05) is 13.2 Å². The lowest BCUT2D eigenvalue weighted by atomic mass is 9.99. The van der Waals surface area contributed by atoms with Crippen LogP contribution in [0.2, 0.25) is 0 Å². The molecular formula is C54H104O6. The van der Waals surface area contributed by atoms with Crippen molar-refractivity contribution in [1.82, 2.24) is 0 Å². The Bertz CT molecular complexity index is 918. The van der Waals surface area contributed by atoms with Crippen LogP contribution in [0.3, 0.4) is 0 Å². The van der Waals surface area contributed by atoms with Gasteiger partial charge in [0.25, 0.3) is 0 Å². The maximum Gasteiger partial charge on any atom is 0.306 e. The second kappa shape index (κ2) is 46.9. The smallest absolute Gasteiger partial charge is 0.306 e. The highest BCUT2D eigenvalue weighted by molar-refractivity contribution is 5.71. The van der Waals surface area contributed by atoms with E-state index in [-0.39, 0.29) is 31.1 Å². The molecule has 60 heavy (non-hydrogen) atoms. The number of rotatable bonds is 48. The summed E-state index contributed by atoms with van der Waals surface area (Å²) < 4.78 is 16.8. The highest BCUT2D eigenvalue weighted by atomic mass is 16.6. The first kappa shape index (κ1) is 58.4. The van der Waals surface area contributed by atoms with E-state index < -0.39 is 6.10 Å². The van der Waals surface area contributed by atoms with E-state index in [2.05, 4.69) is 34.6 Å². The van der Waals surface area contributed by atoms with Gasteiger partial charge in [0.2, 0.25) is 0 Å². The molecule has 0 saturated heterocycles. The molecule has 0 saturated carbocycles. The summed E-state index contributed by atoms with van der Waals surface area (Å²) in [5.41, 5.74) is 0. The van der Waals surface area contributed by atoms with Crippen molar-refractivity contribution in [3.63, 3.8) is 0 Å². The van der Waals surface area contributed by atoms with Gasteiger partial charge in [0.15, 0.2) is 6.10 Å². The standard InChI is InChI=1S/C54H104O6/c1-6-8-9-10-11-12-13-14-15-16-17-18-19-20-24-29-34-39-44-52(55)58-47-51(48-59-53(56)45-40-35-31-26-27-32-37-42-49(3)4)60-54(57)46-41-36-30-25-22-21-23-28-33-38-43-50(5)7-2/h49-51H,6-48H2,1-5H3/t50?,51-/m0/s1. The van der Waals surface area contributed by atoms with Gasteiger partial charge in [-0.3, -0.25) is 14.4 Å². The number of carbonyl (C=O) groups is 3. The van der Waals surface area contributed by atoms with Crippen LogP contribution in [0.5, 0.6) is 0 Å². The summed E-state index contributed by atoms with van der Waals surface area (Å²) in [6.45, 7) is 11.4. The highest BCUT2D eigenvalue weighted by Gasteiger charge is 2.19. The lowest BCUT2D eigenvalue weighted by Crippen LogP contribution is -2.30. The maximum absolute atomic E-state index is 12.8. The largest absolute Gasteiger partial charge is 0.462 e. The molecule has 0 bridgehead atoms. The molecule has 6 heteroatoms. The molecule has 0 rings (SSSR count). The summed E-state index contributed by atoms with van der Waals surface area (Å²) in [7, 11) is 0. The zero-order valence-electron chi connectivity index (χ0n) is 41.1.